The van der Waals surface area contributed by atoms with Crippen LogP contribution in [-0.2, 0) is 26.2 Å². The van der Waals surface area contributed by atoms with Gasteiger partial charge in [0.2, 0.25) is 0 Å². The van der Waals surface area contributed by atoms with Gasteiger partial charge in [0.15, 0.2) is 6.10 Å². The Kier molecular flexibility index (Phi) is 7.36. The molecule has 0 bridgehead atoms. The number of carbonyl (C=O) groups excluding carboxylic acids is 2. The van der Waals surface area contributed by atoms with Gasteiger partial charge in [-0.3, -0.25) is 9.52 Å². The summed E-state index contributed by atoms with van der Waals surface area (Å²) < 4.78 is 39.2. The molecular formula is C26H26N2O6S. The van der Waals surface area contributed by atoms with E-state index in [0.29, 0.717) is 18.0 Å². The van der Waals surface area contributed by atoms with Crippen LogP contribution in [0.15, 0.2) is 83.8 Å². The third kappa shape index (κ3) is 6.83. The average Bonchev–Trinajstić information content (AvgIpc) is 3.68. The highest BCUT2D eigenvalue weighted by atomic mass is 32.2. The highest BCUT2D eigenvalue weighted by molar-refractivity contribution is 7.92. The van der Waals surface area contributed by atoms with E-state index in [1.807, 2.05) is 30.3 Å². The predicted octanol–water partition coefficient (Wildman–Crippen LogP) is 3.89. The van der Waals surface area contributed by atoms with Crippen LogP contribution in [0.25, 0.3) is 0 Å². The number of sulfonamides is 1. The summed E-state index contributed by atoms with van der Waals surface area (Å²) in [6, 6.07) is 21.8. The highest BCUT2D eigenvalue weighted by Crippen LogP contribution is 2.22. The average molecular weight is 495 g/mol. The van der Waals surface area contributed by atoms with Crippen molar-refractivity contribution in [2.75, 3.05) is 4.72 Å². The second-order valence-electron chi connectivity index (χ2n) is 8.26. The lowest BCUT2D eigenvalue weighted by molar-refractivity contribution is -0.129. The Morgan fingerprint density at radius 1 is 0.971 bits per heavy atom. The van der Waals surface area contributed by atoms with Gasteiger partial charge in [0.1, 0.15) is 12.4 Å². The van der Waals surface area contributed by atoms with Crippen molar-refractivity contribution < 1.29 is 27.5 Å². The number of hydrogen-bond donors (Lipinski definition) is 2. The zero-order valence-electron chi connectivity index (χ0n) is 19.1. The van der Waals surface area contributed by atoms with Crippen LogP contribution in [0.5, 0.6) is 5.75 Å². The quantitative estimate of drug-likeness (QED) is 0.414. The monoisotopic (exact) mass is 494 g/mol. The maximum atomic E-state index is 12.9. The van der Waals surface area contributed by atoms with Gasteiger partial charge in [-0.15, -0.1) is 0 Å². The topological polar surface area (TPSA) is 111 Å². The Bertz CT molecular complexity index is 1290. The molecule has 1 atom stereocenters. The molecule has 1 fully saturated rings. The summed E-state index contributed by atoms with van der Waals surface area (Å²) >= 11 is 0. The molecule has 1 aliphatic carbocycles. The van der Waals surface area contributed by atoms with Gasteiger partial charge in [-0.05, 0) is 67.8 Å². The molecule has 0 heterocycles. The fourth-order valence-corrected chi connectivity index (χ4v) is 4.30. The van der Waals surface area contributed by atoms with E-state index in [1.54, 1.807) is 24.3 Å². The standard InChI is InChI=1S/C26H26N2O6S/c1-18(25(29)27-21-10-11-21)34-26(30)20-8-5-9-24(16-20)35(31,32)28-22-12-14-23(15-13-22)33-17-19-6-3-2-4-7-19/h2-9,12-16,18,21,28H,10-11,17H2,1H3,(H,27,29). The number of ether oxygens (including phenoxy) is 2. The molecule has 1 unspecified atom stereocenters. The Balaban J connectivity index is 1.37. The SMILES string of the molecule is CC(OC(=O)c1cccc(S(=O)(=O)Nc2ccc(OCc3ccccc3)cc2)c1)C(=O)NC1CC1. The van der Waals surface area contributed by atoms with E-state index in [-0.39, 0.29) is 22.4 Å². The van der Waals surface area contributed by atoms with Crippen LogP contribution in [-0.4, -0.2) is 32.4 Å². The molecule has 0 aromatic heterocycles. The smallest absolute Gasteiger partial charge is 0.338 e. The molecule has 182 valence electrons. The summed E-state index contributed by atoms with van der Waals surface area (Å²) in [6.07, 6.45) is 0.856. The summed E-state index contributed by atoms with van der Waals surface area (Å²) in [5.74, 6) is -0.552. The van der Waals surface area contributed by atoms with E-state index < -0.39 is 22.1 Å². The molecule has 2 N–H and O–H groups in total. The van der Waals surface area contributed by atoms with Crippen molar-refractivity contribution in [3.8, 4) is 5.75 Å². The first-order valence-corrected chi connectivity index (χ1v) is 12.7. The number of benzene rings is 3. The van der Waals surface area contributed by atoms with Gasteiger partial charge in [0, 0.05) is 11.7 Å². The van der Waals surface area contributed by atoms with E-state index in [1.165, 1.54) is 31.2 Å². The third-order valence-corrected chi connectivity index (χ3v) is 6.69. The van der Waals surface area contributed by atoms with E-state index in [2.05, 4.69) is 10.0 Å². The summed E-state index contributed by atoms with van der Waals surface area (Å²) in [6.45, 7) is 1.88. The lowest BCUT2D eigenvalue weighted by Crippen LogP contribution is -2.37. The molecule has 4 rings (SSSR count). The number of amides is 1. The number of carbonyl (C=O) groups is 2. The van der Waals surface area contributed by atoms with Crippen LogP contribution < -0.4 is 14.8 Å². The van der Waals surface area contributed by atoms with Crippen molar-refractivity contribution in [2.45, 2.75) is 43.4 Å². The second-order valence-corrected chi connectivity index (χ2v) is 9.94. The van der Waals surface area contributed by atoms with Gasteiger partial charge < -0.3 is 14.8 Å². The van der Waals surface area contributed by atoms with Crippen LogP contribution >= 0.6 is 0 Å². The van der Waals surface area contributed by atoms with Gasteiger partial charge in [-0.2, -0.15) is 0 Å². The highest BCUT2D eigenvalue weighted by Gasteiger charge is 2.27. The van der Waals surface area contributed by atoms with Gasteiger partial charge >= 0.3 is 5.97 Å². The molecular weight excluding hydrogens is 468 g/mol. The lowest BCUT2D eigenvalue weighted by atomic mass is 10.2. The fourth-order valence-electron chi connectivity index (χ4n) is 3.19. The molecule has 0 radical (unpaired) electrons. The Hall–Kier alpha value is -3.85. The van der Waals surface area contributed by atoms with E-state index in [0.717, 1.165) is 18.4 Å². The Morgan fingerprint density at radius 2 is 1.69 bits per heavy atom. The molecule has 1 saturated carbocycles. The minimum absolute atomic E-state index is 0.0311. The van der Waals surface area contributed by atoms with Crippen LogP contribution in [0, 0.1) is 0 Å². The van der Waals surface area contributed by atoms with Crippen molar-refractivity contribution in [1.82, 2.24) is 5.32 Å². The molecule has 1 amide bonds. The van der Waals surface area contributed by atoms with Gasteiger partial charge in [0.25, 0.3) is 15.9 Å². The summed E-state index contributed by atoms with van der Waals surface area (Å²) in [7, 11) is -3.97. The van der Waals surface area contributed by atoms with Crippen molar-refractivity contribution >= 4 is 27.6 Å². The van der Waals surface area contributed by atoms with Crippen molar-refractivity contribution in [2.24, 2.45) is 0 Å². The van der Waals surface area contributed by atoms with Crippen LogP contribution in [0.4, 0.5) is 5.69 Å². The molecule has 0 saturated heterocycles. The first kappa shape index (κ1) is 24.3. The molecule has 3 aromatic rings. The van der Waals surface area contributed by atoms with E-state index in [9.17, 15) is 18.0 Å². The van der Waals surface area contributed by atoms with Crippen molar-refractivity contribution in [3.63, 3.8) is 0 Å². The first-order valence-electron chi connectivity index (χ1n) is 11.2. The molecule has 9 heteroatoms. The normalized spacial score (nSPS) is 14.0. The molecule has 0 aliphatic heterocycles. The molecule has 0 spiro atoms. The largest absolute Gasteiger partial charge is 0.489 e. The van der Waals surface area contributed by atoms with E-state index in [4.69, 9.17) is 9.47 Å². The lowest BCUT2D eigenvalue weighted by Gasteiger charge is -2.14. The second kappa shape index (κ2) is 10.6. The molecule has 3 aromatic carbocycles. The van der Waals surface area contributed by atoms with Gasteiger partial charge in [0.05, 0.1) is 10.5 Å². The third-order valence-electron chi connectivity index (χ3n) is 5.31. The van der Waals surface area contributed by atoms with Crippen LogP contribution in [0.3, 0.4) is 0 Å². The Labute approximate surface area is 204 Å². The van der Waals surface area contributed by atoms with Gasteiger partial charge in [-0.25, -0.2) is 13.2 Å². The molecule has 35 heavy (non-hydrogen) atoms. The van der Waals surface area contributed by atoms with Gasteiger partial charge in [-0.1, -0.05) is 36.4 Å². The summed E-state index contributed by atoms with van der Waals surface area (Å²) in [5, 5.41) is 2.76. The van der Waals surface area contributed by atoms with Crippen LogP contribution in [0.1, 0.15) is 35.7 Å². The van der Waals surface area contributed by atoms with Crippen LogP contribution in [0.2, 0.25) is 0 Å². The number of esters is 1. The maximum absolute atomic E-state index is 12.9. The van der Waals surface area contributed by atoms with E-state index >= 15 is 0 Å². The predicted molar refractivity (Wildman–Crippen MR) is 131 cm³/mol. The van der Waals surface area contributed by atoms with Crippen molar-refractivity contribution in [3.05, 3.63) is 90.0 Å². The zero-order valence-corrected chi connectivity index (χ0v) is 20.0. The zero-order chi connectivity index (χ0) is 24.8. The summed E-state index contributed by atoms with van der Waals surface area (Å²) in [5.41, 5.74) is 1.40. The number of hydrogen-bond acceptors (Lipinski definition) is 6. The number of rotatable bonds is 10. The minimum Gasteiger partial charge on any atom is -0.489 e. The molecule has 8 nitrogen and oxygen atoms in total. The summed E-state index contributed by atoms with van der Waals surface area (Å²) in [4.78, 5) is 24.4. The maximum Gasteiger partial charge on any atom is 0.338 e. The number of nitrogens with one attached hydrogen (secondary N) is 2. The number of anilines is 1. The minimum atomic E-state index is -3.97. The first-order chi connectivity index (χ1) is 16.8. The fraction of sp³-hybridized carbons (Fsp3) is 0.231. The molecule has 1 aliphatic rings. The Morgan fingerprint density at radius 3 is 2.37 bits per heavy atom. The van der Waals surface area contributed by atoms with Crippen molar-refractivity contribution in [1.29, 1.82) is 0 Å².